The van der Waals surface area contributed by atoms with E-state index in [1.807, 2.05) is 36.4 Å². The van der Waals surface area contributed by atoms with E-state index < -0.39 is 11.5 Å². The van der Waals surface area contributed by atoms with Gasteiger partial charge in [-0.2, -0.15) is 10.2 Å². The molecule has 0 aliphatic carbocycles. The zero-order valence-corrected chi connectivity index (χ0v) is 14.7. The average molecular weight is 369 g/mol. The minimum absolute atomic E-state index is 0.0495. The normalized spacial score (nSPS) is 11.0. The van der Waals surface area contributed by atoms with E-state index in [0.29, 0.717) is 22.3 Å². The second-order valence-corrected chi connectivity index (χ2v) is 6.02. The van der Waals surface area contributed by atoms with Gasteiger partial charge in [0.05, 0.1) is 11.4 Å². The van der Waals surface area contributed by atoms with Gasteiger partial charge in [0, 0.05) is 11.1 Å². The maximum atomic E-state index is 12.5. The van der Waals surface area contributed by atoms with Crippen molar-refractivity contribution in [2.24, 2.45) is 10.2 Å². The van der Waals surface area contributed by atoms with Crippen LogP contribution in [0.4, 0.5) is 17.1 Å². The molecule has 0 spiro atoms. The highest BCUT2D eigenvalue weighted by Gasteiger charge is 2.13. The predicted octanol–water partition coefficient (Wildman–Crippen LogP) is 5.46. The predicted molar refractivity (Wildman–Crippen MR) is 107 cm³/mol. The quantitative estimate of drug-likeness (QED) is 0.383. The van der Waals surface area contributed by atoms with Crippen LogP contribution in [0.25, 0.3) is 11.0 Å². The van der Waals surface area contributed by atoms with Crippen molar-refractivity contribution in [2.45, 2.75) is 0 Å². The number of carbonyl (C=O) groups excluding carboxylic acids is 1. The Bertz CT molecular complexity index is 1210. The molecule has 0 saturated heterocycles. The van der Waals surface area contributed by atoms with Gasteiger partial charge in [-0.15, -0.1) is 0 Å². The van der Waals surface area contributed by atoms with E-state index in [4.69, 9.17) is 4.42 Å². The summed E-state index contributed by atoms with van der Waals surface area (Å²) in [6.07, 6.45) is 0. The number of fused-ring (bicyclic) bond motifs is 1. The minimum Gasteiger partial charge on any atom is -0.422 e. The van der Waals surface area contributed by atoms with Crippen LogP contribution in [0, 0.1) is 0 Å². The standard InChI is InChI=1S/C22H15N3O3/c26-21(19-14-15-6-4-5-9-20(15)28-22(19)27)23-16-10-12-18(13-11-16)25-24-17-7-2-1-3-8-17/h1-14H,(H,23,26). The van der Waals surface area contributed by atoms with Gasteiger partial charge in [0.2, 0.25) is 0 Å². The van der Waals surface area contributed by atoms with Gasteiger partial charge >= 0.3 is 5.63 Å². The number of para-hydroxylation sites is 1. The number of carbonyl (C=O) groups is 1. The van der Waals surface area contributed by atoms with Crippen molar-refractivity contribution in [1.29, 1.82) is 0 Å². The summed E-state index contributed by atoms with van der Waals surface area (Å²) in [7, 11) is 0. The first-order chi connectivity index (χ1) is 13.7. The Hall–Kier alpha value is -4.06. The maximum Gasteiger partial charge on any atom is 0.349 e. The molecule has 0 aliphatic heterocycles. The van der Waals surface area contributed by atoms with Gasteiger partial charge in [-0.1, -0.05) is 36.4 Å². The third-order valence-corrected chi connectivity index (χ3v) is 4.05. The van der Waals surface area contributed by atoms with Crippen LogP contribution in [0.3, 0.4) is 0 Å². The monoisotopic (exact) mass is 369 g/mol. The first-order valence-electron chi connectivity index (χ1n) is 8.60. The van der Waals surface area contributed by atoms with Crippen LogP contribution in [0.5, 0.6) is 0 Å². The number of nitrogens with one attached hydrogen (secondary N) is 1. The molecule has 136 valence electrons. The van der Waals surface area contributed by atoms with Crippen LogP contribution in [-0.2, 0) is 0 Å². The molecule has 1 amide bonds. The Balaban J connectivity index is 1.50. The summed E-state index contributed by atoms with van der Waals surface area (Å²) >= 11 is 0. The smallest absolute Gasteiger partial charge is 0.349 e. The Kier molecular flexibility index (Phi) is 4.76. The molecule has 0 unspecified atom stereocenters. The summed E-state index contributed by atoms with van der Waals surface area (Å²) in [4.78, 5) is 24.5. The summed E-state index contributed by atoms with van der Waals surface area (Å²) in [6.45, 7) is 0. The number of anilines is 1. The summed E-state index contributed by atoms with van der Waals surface area (Å²) in [5.41, 5.74) is 1.65. The number of azo groups is 1. The first kappa shape index (κ1) is 17.4. The SMILES string of the molecule is O=C(Nc1ccc(N=Nc2ccccc2)cc1)c1cc2ccccc2oc1=O. The molecule has 3 aromatic carbocycles. The topological polar surface area (TPSA) is 84.0 Å². The van der Waals surface area contributed by atoms with E-state index in [1.165, 1.54) is 6.07 Å². The van der Waals surface area contributed by atoms with E-state index in [0.717, 1.165) is 5.69 Å². The van der Waals surface area contributed by atoms with Crippen LogP contribution >= 0.6 is 0 Å². The van der Waals surface area contributed by atoms with Crippen LogP contribution in [0.2, 0.25) is 0 Å². The highest BCUT2D eigenvalue weighted by molar-refractivity contribution is 6.05. The lowest BCUT2D eigenvalue weighted by atomic mass is 10.1. The minimum atomic E-state index is -0.676. The van der Waals surface area contributed by atoms with Crippen molar-refractivity contribution >= 4 is 33.9 Å². The average Bonchev–Trinajstić information content (AvgIpc) is 2.73. The van der Waals surface area contributed by atoms with Gasteiger partial charge in [0.15, 0.2) is 0 Å². The molecule has 1 aromatic heterocycles. The molecule has 0 radical (unpaired) electrons. The fraction of sp³-hybridized carbons (Fsp3) is 0. The van der Waals surface area contributed by atoms with Gasteiger partial charge in [-0.05, 0) is 48.5 Å². The Morgan fingerprint density at radius 1 is 0.786 bits per heavy atom. The lowest BCUT2D eigenvalue weighted by Crippen LogP contribution is -2.20. The number of nitrogens with zero attached hydrogens (tertiary/aromatic N) is 2. The lowest BCUT2D eigenvalue weighted by molar-refractivity contribution is 0.102. The summed E-state index contributed by atoms with van der Waals surface area (Å²) in [6, 6.07) is 24.8. The zero-order valence-electron chi connectivity index (χ0n) is 14.7. The van der Waals surface area contributed by atoms with Gasteiger partial charge < -0.3 is 9.73 Å². The molecule has 0 aliphatic rings. The maximum absolute atomic E-state index is 12.5. The van der Waals surface area contributed by atoms with Crippen LogP contribution in [-0.4, -0.2) is 5.91 Å². The second-order valence-electron chi connectivity index (χ2n) is 6.02. The van der Waals surface area contributed by atoms with Crippen molar-refractivity contribution in [1.82, 2.24) is 0 Å². The highest BCUT2D eigenvalue weighted by atomic mass is 16.4. The van der Waals surface area contributed by atoms with E-state index in [-0.39, 0.29) is 5.56 Å². The molecule has 6 nitrogen and oxygen atoms in total. The van der Waals surface area contributed by atoms with Crippen molar-refractivity contribution in [3.05, 3.63) is 101 Å². The molecule has 1 heterocycles. The fourth-order valence-corrected chi connectivity index (χ4v) is 2.64. The van der Waals surface area contributed by atoms with Gasteiger partial charge in [-0.3, -0.25) is 4.79 Å². The van der Waals surface area contributed by atoms with E-state index in [9.17, 15) is 9.59 Å². The zero-order chi connectivity index (χ0) is 19.3. The van der Waals surface area contributed by atoms with Crippen molar-refractivity contribution < 1.29 is 9.21 Å². The molecule has 0 atom stereocenters. The second kappa shape index (κ2) is 7.67. The molecule has 4 aromatic rings. The number of rotatable bonds is 4. The molecule has 0 fully saturated rings. The number of benzene rings is 3. The molecule has 6 heteroatoms. The van der Waals surface area contributed by atoms with E-state index >= 15 is 0 Å². The molecule has 28 heavy (non-hydrogen) atoms. The van der Waals surface area contributed by atoms with Crippen LogP contribution in [0.1, 0.15) is 10.4 Å². The molecular formula is C22H15N3O3. The Labute approximate surface area is 160 Å². The van der Waals surface area contributed by atoms with Gasteiger partial charge in [-0.25, -0.2) is 4.79 Å². The Morgan fingerprint density at radius 2 is 1.43 bits per heavy atom. The molecule has 1 N–H and O–H groups in total. The third kappa shape index (κ3) is 3.86. The number of hydrogen-bond donors (Lipinski definition) is 1. The van der Waals surface area contributed by atoms with E-state index in [2.05, 4.69) is 15.5 Å². The Morgan fingerprint density at radius 3 is 2.18 bits per heavy atom. The van der Waals surface area contributed by atoms with Gasteiger partial charge in [0.25, 0.3) is 5.91 Å². The summed E-state index contributed by atoms with van der Waals surface area (Å²) < 4.78 is 5.20. The number of amides is 1. The molecule has 0 saturated carbocycles. The lowest BCUT2D eigenvalue weighted by Gasteiger charge is -2.05. The molecule has 4 rings (SSSR count). The van der Waals surface area contributed by atoms with Crippen LogP contribution in [0.15, 0.2) is 104 Å². The van der Waals surface area contributed by atoms with Gasteiger partial charge in [0.1, 0.15) is 11.1 Å². The number of hydrogen-bond acceptors (Lipinski definition) is 5. The first-order valence-corrected chi connectivity index (χ1v) is 8.60. The van der Waals surface area contributed by atoms with Crippen LogP contribution < -0.4 is 10.9 Å². The summed E-state index contributed by atoms with van der Waals surface area (Å²) in [5, 5.41) is 11.7. The third-order valence-electron chi connectivity index (χ3n) is 4.05. The largest absolute Gasteiger partial charge is 0.422 e. The van der Waals surface area contributed by atoms with Crippen molar-refractivity contribution in [3.63, 3.8) is 0 Å². The molecular weight excluding hydrogens is 354 g/mol. The summed E-state index contributed by atoms with van der Waals surface area (Å²) in [5.74, 6) is -0.529. The van der Waals surface area contributed by atoms with Crippen molar-refractivity contribution in [3.8, 4) is 0 Å². The van der Waals surface area contributed by atoms with Crippen molar-refractivity contribution in [2.75, 3.05) is 5.32 Å². The molecule has 0 bridgehead atoms. The highest BCUT2D eigenvalue weighted by Crippen LogP contribution is 2.20. The van der Waals surface area contributed by atoms with E-state index in [1.54, 1.807) is 42.5 Å². The fourth-order valence-electron chi connectivity index (χ4n) is 2.64.